The van der Waals surface area contributed by atoms with Gasteiger partial charge in [0.1, 0.15) is 0 Å². The molecule has 2 rings (SSSR count). The summed E-state index contributed by atoms with van der Waals surface area (Å²) in [5.41, 5.74) is 0. The van der Waals surface area contributed by atoms with E-state index in [0.717, 1.165) is 0 Å². The fraction of sp³-hybridized carbons (Fsp3) is 0.667. The average molecular weight is 217 g/mol. The monoisotopic (exact) mass is 217 g/mol. The molecule has 0 saturated carbocycles. The first kappa shape index (κ1) is 10.4. The van der Waals surface area contributed by atoms with Crippen LogP contribution in [0.3, 0.4) is 0 Å². The topological polar surface area (TPSA) is 39.1 Å². The molecule has 0 aliphatic carbocycles. The van der Waals surface area contributed by atoms with Crippen LogP contribution < -0.4 is 10.1 Å². The van der Waals surface area contributed by atoms with Crippen LogP contribution >= 0.6 is 0 Å². The summed E-state index contributed by atoms with van der Waals surface area (Å²) in [5.74, 6) is -2.42. The van der Waals surface area contributed by atoms with Crippen molar-refractivity contribution in [1.82, 2.24) is 15.1 Å². The van der Waals surface area contributed by atoms with Crippen molar-refractivity contribution in [1.29, 1.82) is 0 Å². The summed E-state index contributed by atoms with van der Waals surface area (Å²) >= 11 is 0. The van der Waals surface area contributed by atoms with E-state index in [1.54, 1.807) is 13.2 Å². The van der Waals surface area contributed by atoms with Crippen LogP contribution in [0.25, 0.3) is 0 Å². The number of halogens is 2. The third-order valence-corrected chi connectivity index (χ3v) is 2.37. The number of piperidine rings is 1. The minimum Gasteiger partial charge on any atom is -0.481 e. The number of hydrogen-bond donors (Lipinski definition) is 1. The predicted octanol–water partition coefficient (Wildman–Crippen LogP) is 0.796. The number of ether oxygens (including phenoxy) is 1. The lowest BCUT2D eigenvalue weighted by molar-refractivity contribution is -0.108. The SMILES string of the molecule is Cn1cc(OC2CCNCC2(F)F)cn1. The molecule has 1 saturated heterocycles. The zero-order valence-electron chi connectivity index (χ0n) is 8.41. The molecule has 1 fully saturated rings. The summed E-state index contributed by atoms with van der Waals surface area (Å²) in [6, 6.07) is 0. The lowest BCUT2D eigenvalue weighted by Gasteiger charge is -2.31. The summed E-state index contributed by atoms with van der Waals surface area (Å²) in [6.07, 6.45) is 2.28. The Hall–Kier alpha value is -1.17. The van der Waals surface area contributed by atoms with Crippen LogP contribution in [0.1, 0.15) is 6.42 Å². The van der Waals surface area contributed by atoms with E-state index in [4.69, 9.17) is 4.74 Å². The van der Waals surface area contributed by atoms with Gasteiger partial charge in [-0.2, -0.15) is 5.10 Å². The van der Waals surface area contributed by atoms with E-state index in [0.29, 0.717) is 18.7 Å². The Balaban J connectivity index is 2.04. The maximum Gasteiger partial charge on any atom is 0.296 e. The van der Waals surface area contributed by atoms with Gasteiger partial charge in [-0.15, -0.1) is 0 Å². The molecule has 1 unspecified atom stereocenters. The normalized spacial score (nSPS) is 25.1. The van der Waals surface area contributed by atoms with Gasteiger partial charge in [0.2, 0.25) is 0 Å². The molecule has 6 heteroatoms. The standard InChI is InChI=1S/C9H13F2N3O/c1-14-5-7(4-13-14)15-8-2-3-12-6-9(8,10)11/h4-5,8,12H,2-3,6H2,1H3. The number of aryl methyl sites for hydroxylation is 1. The second-order valence-electron chi connectivity index (χ2n) is 3.68. The lowest BCUT2D eigenvalue weighted by Crippen LogP contribution is -2.52. The first-order chi connectivity index (χ1) is 7.08. The van der Waals surface area contributed by atoms with Gasteiger partial charge in [0.15, 0.2) is 11.9 Å². The van der Waals surface area contributed by atoms with Crippen molar-refractivity contribution < 1.29 is 13.5 Å². The van der Waals surface area contributed by atoms with E-state index >= 15 is 0 Å². The maximum absolute atomic E-state index is 13.3. The van der Waals surface area contributed by atoms with E-state index in [1.807, 2.05) is 0 Å². The van der Waals surface area contributed by atoms with Crippen LogP contribution in [0.2, 0.25) is 0 Å². The largest absolute Gasteiger partial charge is 0.481 e. The molecule has 1 aliphatic rings. The first-order valence-corrected chi connectivity index (χ1v) is 4.82. The Bertz CT molecular complexity index is 340. The van der Waals surface area contributed by atoms with E-state index in [2.05, 4.69) is 10.4 Å². The van der Waals surface area contributed by atoms with Crippen LogP contribution in [0.5, 0.6) is 5.75 Å². The highest BCUT2D eigenvalue weighted by Gasteiger charge is 2.43. The number of hydrogen-bond acceptors (Lipinski definition) is 3. The van der Waals surface area contributed by atoms with Crippen molar-refractivity contribution in [2.45, 2.75) is 18.4 Å². The van der Waals surface area contributed by atoms with Gasteiger partial charge in [0, 0.05) is 13.5 Å². The Labute approximate surface area is 86.2 Å². The van der Waals surface area contributed by atoms with Crippen LogP contribution in [-0.4, -0.2) is 34.9 Å². The summed E-state index contributed by atoms with van der Waals surface area (Å²) < 4.78 is 33.4. The van der Waals surface area contributed by atoms with Gasteiger partial charge in [0.25, 0.3) is 5.92 Å². The van der Waals surface area contributed by atoms with E-state index in [9.17, 15) is 8.78 Å². The molecular formula is C9H13F2N3O. The van der Waals surface area contributed by atoms with Gasteiger partial charge >= 0.3 is 0 Å². The molecule has 4 nitrogen and oxygen atoms in total. The number of nitrogens with zero attached hydrogens (tertiary/aromatic N) is 2. The molecule has 0 aromatic carbocycles. The van der Waals surface area contributed by atoms with Gasteiger partial charge in [-0.1, -0.05) is 0 Å². The molecule has 1 aromatic rings. The van der Waals surface area contributed by atoms with Crippen molar-refractivity contribution in [3.8, 4) is 5.75 Å². The molecule has 84 valence electrons. The summed E-state index contributed by atoms with van der Waals surface area (Å²) in [4.78, 5) is 0. The third kappa shape index (κ3) is 2.26. The van der Waals surface area contributed by atoms with Crippen molar-refractivity contribution in [2.24, 2.45) is 7.05 Å². The van der Waals surface area contributed by atoms with Crippen molar-refractivity contribution >= 4 is 0 Å². The van der Waals surface area contributed by atoms with Crippen molar-refractivity contribution in [3.63, 3.8) is 0 Å². The molecule has 0 amide bonds. The van der Waals surface area contributed by atoms with Gasteiger partial charge in [-0.25, -0.2) is 8.78 Å². The predicted molar refractivity (Wildman–Crippen MR) is 50.1 cm³/mol. The summed E-state index contributed by atoms with van der Waals surface area (Å²) in [6.45, 7) is 0.235. The fourth-order valence-corrected chi connectivity index (χ4v) is 1.58. The number of nitrogens with one attached hydrogen (secondary N) is 1. The summed E-state index contributed by atoms with van der Waals surface area (Å²) in [7, 11) is 1.72. The lowest BCUT2D eigenvalue weighted by atomic mass is 10.1. The van der Waals surface area contributed by atoms with E-state index in [-0.39, 0.29) is 6.54 Å². The molecule has 1 aromatic heterocycles. The number of alkyl halides is 2. The van der Waals surface area contributed by atoms with Crippen molar-refractivity contribution in [3.05, 3.63) is 12.4 Å². The fourth-order valence-electron chi connectivity index (χ4n) is 1.58. The third-order valence-electron chi connectivity index (χ3n) is 2.37. The van der Waals surface area contributed by atoms with E-state index in [1.165, 1.54) is 10.9 Å². The average Bonchev–Trinajstić information content (AvgIpc) is 2.55. The Morgan fingerprint density at radius 3 is 3.07 bits per heavy atom. The van der Waals surface area contributed by atoms with Gasteiger partial charge in [-0.05, 0) is 6.54 Å². The second-order valence-corrected chi connectivity index (χ2v) is 3.68. The smallest absolute Gasteiger partial charge is 0.296 e. The highest BCUT2D eigenvalue weighted by Crippen LogP contribution is 2.27. The molecule has 1 aliphatic heterocycles. The molecule has 0 spiro atoms. The minimum atomic E-state index is -2.81. The van der Waals surface area contributed by atoms with E-state index < -0.39 is 12.0 Å². The van der Waals surface area contributed by atoms with Crippen LogP contribution in [0.4, 0.5) is 8.78 Å². The van der Waals surface area contributed by atoms with Gasteiger partial charge < -0.3 is 10.1 Å². The Morgan fingerprint density at radius 2 is 2.47 bits per heavy atom. The Kier molecular flexibility index (Phi) is 2.60. The quantitative estimate of drug-likeness (QED) is 0.796. The number of rotatable bonds is 2. The van der Waals surface area contributed by atoms with Gasteiger partial charge in [0.05, 0.1) is 18.9 Å². The zero-order valence-corrected chi connectivity index (χ0v) is 8.41. The van der Waals surface area contributed by atoms with Crippen LogP contribution in [-0.2, 0) is 7.05 Å². The molecule has 1 atom stereocenters. The molecule has 0 radical (unpaired) electrons. The molecule has 0 bridgehead atoms. The first-order valence-electron chi connectivity index (χ1n) is 4.82. The minimum absolute atomic E-state index is 0.307. The highest BCUT2D eigenvalue weighted by atomic mass is 19.3. The highest BCUT2D eigenvalue weighted by molar-refractivity contribution is 5.12. The molecule has 2 heterocycles. The maximum atomic E-state index is 13.3. The van der Waals surface area contributed by atoms with Gasteiger partial charge in [-0.3, -0.25) is 4.68 Å². The molecular weight excluding hydrogens is 204 g/mol. The second kappa shape index (κ2) is 3.77. The zero-order chi connectivity index (χ0) is 10.9. The molecule has 15 heavy (non-hydrogen) atoms. The van der Waals surface area contributed by atoms with Crippen molar-refractivity contribution in [2.75, 3.05) is 13.1 Å². The van der Waals surface area contributed by atoms with Crippen LogP contribution in [0.15, 0.2) is 12.4 Å². The molecule has 1 N–H and O–H groups in total. The summed E-state index contributed by atoms with van der Waals surface area (Å²) in [5, 5.41) is 6.51. The van der Waals surface area contributed by atoms with Crippen LogP contribution in [0, 0.1) is 0 Å². The number of aromatic nitrogens is 2. The Morgan fingerprint density at radius 1 is 1.67 bits per heavy atom.